The first-order valence-corrected chi connectivity index (χ1v) is 11.2. The highest BCUT2D eigenvalue weighted by Gasteiger charge is 2.46. The molecule has 1 N–H and O–H groups in total. The molecular weight excluding hydrogens is 472 g/mol. The van der Waals surface area contributed by atoms with Gasteiger partial charge in [-0.2, -0.15) is 0 Å². The maximum absolute atomic E-state index is 13.2. The number of hydrogen-bond acceptors (Lipinski definition) is 5. The number of aliphatic hydroxyl groups is 1. The number of hydrogen-bond donors (Lipinski definition) is 1. The minimum atomic E-state index is -0.678. The van der Waals surface area contributed by atoms with Crippen LogP contribution in [0.1, 0.15) is 29.4 Å². The molecule has 2 aromatic heterocycles. The molecule has 0 unspecified atom stereocenters. The predicted octanol–water partition coefficient (Wildman–Crippen LogP) is 3.78. The van der Waals surface area contributed by atoms with Gasteiger partial charge in [-0.1, -0.05) is 34.1 Å². The first-order valence-electron chi connectivity index (χ1n) is 10.4. The van der Waals surface area contributed by atoms with Gasteiger partial charge < -0.3 is 14.9 Å². The number of halogens is 1. The van der Waals surface area contributed by atoms with Gasteiger partial charge in [0.25, 0.3) is 11.7 Å². The lowest BCUT2D eigenvalue weighted by molar-refractivity contribution is -0.139. The van der Waals surface area contributed by atoms with E-state index in [1.54, 1.807) is 22.4 Å². The molecule has 4 rings (SSSR count). The first-order chi connectivity index (χ1) is 15.3. The van der Waals surface area contributed by atoms with Crippen molar-refractivity contribution in [1.82, 2.24) is 19.2 Å². The van der Waals surface area contributed by atoms with Crippen LogP contribution in [0, 0.1) is 6.92 Å². The number of fused-ring (bicyclic) bond motifs is 1. The molecule has 1 aliphatic rings. The van der Waals surface area contributed by atoms with Crippen molar-refractivity contribution in [3.05, 3.63) is 75.7 Å². The number of carbonyl (C=O) groups is 2. The Morgan fingerprint density at radius 1 is 1.19 bits per heavy atom. The van der Waals surface area contributed by atoms with Crippen LogP contribution in [-0.2, 0) is 9.59 Å². The molecule has 1 amide bonds. The number of amides is 1. The molecule has 0 aliphatic carbocycles. The van der Waals surface area contributed by atoms with E-state index in [0.717, 1.165) is 16.6 Å². The predicted molar refractivity (Wildman–Crippen MR) is 126 cm³/mol. The van der Waals surface area contributed by atoms with E-state index in [4.69, 9.17) is 0 Å². The van der Waals surface area contributed by atoms with Crippen LogP contribution >= 0.6 is 15.9 Å². The molecule has 1 aliphatic heterocycles. The summed E-state index contributed by atoms with van der Waals surface area (Å²) in [4.78, 5) is 34.4. The van der Waals surface area contributed by atoms with Crippen LogP contribution in [0.5, 0.6) is 0 Å². The number of benzene rings is 1. The molecule has 7 nitrogen and oxygen atoms in total. The Morgan fingerprint density at radius 2 is 1.97 bits per heavy atom. The highest BCUT2D eigenvalue weighted by molar-refractivity contribution is 9.10. The second-order valence-electron chi connectivity index (χ2n) is 8.18. The number of Topliss-reactive ketones (excluding diaryl/α,β-unsaturated/α-hetero) is 1. The quantitative estimate of drug-likeness (QED) is 0.319. The normalized spacial score (nSPS) is 18.3. The maximum Gasteiger partial charge on any atom is 0.295 e. The van der Waals surface area contributed by atoms with Gasteiger partial charge in [0.15, 0.2) is 5.76 Å². The Bertz CT molecular complexity index is 1230. The minimum Gasteiger partial charge on any atom is -0.505 e. The Morgan fingerprint density at radius 3 is 2.69 bits per heavy atom. The topological polar surface area (TPSA) is 78.1 Å². The SMILES string of the molecule is Cc1nc2ccccn2c1C(O)=C1C(=O)C(=O)N(CCCN(C)C)[C@H]1c1cccc(Br)c1. The third-order valence-electron chi connectivity index (χ3n) is 5.64. The number of aromatic nitrogens is 2. The van der Waals surface area contributed by atoms with Crippen LogP contribution in [0.4, 0.5) is 0 Å². The van der Waals surface area contributed by atoms with Crippen molar-refractivity contribution in [1.29, 1.82) is 0 Å². The van der Waals surface area contributed by atoms with E-state index in [-0.39, 0.29) is 11.3 Å². The standard InChI is InChI=1S/C24H25BrN4O3/c1-15-20(28-12-5-4-10-18(28)26-15)22(30)19-21(16-8-6-9-17(25)14-16)29(24(32)23(19)31)13-7-11-27(2)3/h4-6,8-10,12,14,21,30H,7,11,13H2,1-3H3/t21-/m0/s1. The van der Waals surface area contributed by atoms with E-state index in [9.17, 15) is 14.7 Å². The summed E-state index contributed by atoms with van der Waals surface area (Å²) in [7, 11) is 3.93. The van der Waals surface area contributed by atoms with Gasteiger partial charge in [-0.15, -0.1) is 0 Å². The Balaban J connectivity index is 1.89. The largest absolute Gasteiger partial charge is 0.505 e. The van der Waals surface area contributed by atoms with Crippen molar-refractivity contribution in [2.75, 3.05) is 27.2 Å². The van der Waals surface area contributed by atoms with Gasteiger partial charge in [0, 0.05) is 17.2 Å². The maximum atomic E-state index is 13.2. The highest BCUT2D eigenvalue weighted by atomic mass is 79.9. The van der Waals surface area contributed by atoms with Crippen molar-refractivity contribution in [2.45, 2.75) is 19.4 Å². The van der Waals surface area contributed by atoms with Gasteiger partial charge in [0.2, 0.25) is 0 Å². The summed E-state index contributed by atoms with van der Waals surface area (Å²) in [5.41, 5.74) is 2.52. The summed E-state index contributed by atoms with van der Waals surface area (Å²) in [5, 5.41) is 11.4. The highest BCUT2D eigenvalue weighted by Crippen LogP contribution is 2.40. The molecule has 3 aromatic rings. The van der Waals surface area contributed by atoms with Crippen molar-refractivity contribution in [3.63, 3.8) is 0 Å². The van der Waals surface area contributed by atoms with Crippen LogP contribution < -0.4 is 0 Å². The molecule has 3 heterocycles. The van der Waals surface area contributed by atoms with Gasteiger partial charge in [0.05, 0.1) is 17.3 Å². The lowest BCUT2D eigenvalue weighted by Gasteiger charge is -2.26. The van der Waals surface area contributed by atoms with E-state index in [1.807, 2.05) is 61.5 Å². The number of aliphatic hydroxyl groups excluding tert-OH is 1. The van der Waals surface area contributed by atoms with Gasteiger partial charge in [-0.3, -0.25) is 14.0 Å². The Hall–Kier alpha value is -2.97. The van der Waals surface area contributed by atoms with Crippen molar-refractivity contribution in [3.8, 4) is 0 Å². The average Bonchev–Trinajstić information content (AvgIpc) is 3.21. The zero-order chi connectivity index (χ0) is 23.0. The van der Waals surface area contributed by atoms with Gasteiger partial charge in [-0.05, 0) is 63.8 Å². The smallest absolute Gasteiger partial charge is 0.295 e. The lowest BCUT2D eigenvalue weighted by atomic mass is 9.96. The van der Waals surface area contributed by atoms with Crippen molar-refractivity contribution in [2.24, 2.45) is 0 Å². The molecule has 1 saturated heterocycles. The zero-order valence-corrected chi connectivity index (χ0v) is 19.8. The third-order valence-corrected chi connectivity index (χ3v) is 6.13. The number of imidazole rings is 1. The minimum absolute atomic E-state index is 0.0895. The van der Waals surface area contributed by atoms with Gasteiger partial charge in [-0.25, -0.2) is 4.98 Å². The van der Waals surface area contributed by atoms with E-state index in [1.165, 1.54) is 0 Å². The number of carbonyl (C=O) groups excluding carboxylic acids is 2. The van der Waals surface area contributed by atoms with Gasteiger partial charge in [0.1, 0.15) is 11.3 Å². The van der Waals surface area contributed by atoms with Crippen LogP contribution in [0.15, 0.2) is 58.7 Å². The van der Waals surface area contributed by atoms with Crippen LogP contribution in [0.2, 0.25) is 0 Å². The summed E-state index contributed by atoms with van der Waals surface area (Å²) in [5.74, 6) is -1.48. The summed E-state index contributed by atoms with van der Waals surface area (Å²) < 4.78 is 2.57. The number of rotatable bonds is 6. The third kappa shape index (κ3) is 3.96. The van der Waals surface area contributed by atoms with Crippen LogP contribution in [-0.4, -0.2) is 63.2 Å². The fraction of sp³-hybridized carbons (Fsp3) is 0.292. The first kappa shape index (κ1) is 22.2. The molecule has 1 atom stereocenters. The molecule has 1 aromatic carbocycles. The second kappa shape index (κ2) is 8.88. The summed E-state index contributed by atoms with van der Waals surface area (Å²) in [6.45, 7) is 2.97. The van der Waals surface area contributed by atoms with Crippen LogP contribution in [0.25, 0.3) is 11.4 Å². The molecule has 8 heteroatoms. The molecule has 0 saturated carbocycles. The molecule has 0 radical (unpaired) electrons. The number of aryl methyl sites for hydroxylation is 1. The lowest BCUT2D eigenvalue weighted by Crippen LogP contribution is -2.32. The van der Waals surface area contributed by atoms with E-state index in [0.29, 0.717) is 30.0 Å². The second-order valence-corrected chi connectivity index (χ2v) is 9.09. The number of likely N-dealkylation sites (tertiary alicyclic amines) is 1. The molecular formula is C24H25BrN4O3. The molecule has 0 spiro atoms. The summed E-state index contributed by atoms with van der Waals surface area (Å²) >= 11 is 3.48. The average molecular weight is 497 g/mol. The molecule has 166 valence electrons. The van der Waals surface area contributed by atoms with Crippen molar-refractivity contribution < 1.29 is 14.7 Å². The van der Waals surface area contributed by atoms with E-state index < -0.39 is 17.7 Å². The fourth-order valence-electron chi connectivity index (χ4n) is 4.22. The molecule has 32 heavy (non-hydrogen) atoms. The summed E-state index contributed by atoms with van der Waals surface area (Å²) in [6, 6.07) is 12.3. The van der Waals surface area contributed by atoms with Crippen molar-refractivity contribution >= 4 is 39.0 Å². The number of ketones is 1. The zero-order valence-electron chi connectivity index (χ0n) is 18.2. The number of pyridine rings is 1. The van der Waals surface area contributed by atoms with E-state index >= 15 is 0 Å². The molecule has 0 bridgehead atoms. The summed E-state index contributed by atoms with van der Waals surface area (Å²) in [6.07, 6.45) is 2.49. The Labute approximate surface area is 195 Å². The fourth-order valence-corrected chi connectivity index (χ4v) is 4.63. The number of nitrogens with zero attached hydrogens (tertiary/aromatic N) is 4. The monoisotopic (exact) mass is 496 g/mol. The van der Waals surface area contributed by atoms with E-state index in [2.05, 4.69) is 20.9 Å². The van der Waals surface area contributed by atoms with Crippen LogP contribution in [0.3, 0.4) is 0 Å². The molecule has 1 fully saturated rings. The Kier molecular flexibility index (Phi) is 6.17. The van der Waals surface area contributed by atoms with Gasteiger partial charge >= 0.3 is 0 Å².